The predicted octanol–water partition coefficient (Wildman–Crippen LogP) is 2.23. The number of amides is 1. The topological polar surface area (TPSA) is 80.5 Å². The van der Waals surface area contributed by atoms with Crippen molar-refractivity contribution in [1.29, 1.82) is 0 Å². The fourth-order valence-corrected chi connectivity index (χ4v) is 3.68. The Balaban J connectivity index is 2.40. The molecule has 1 aliphatic carbocycles. The van der Waals surface area contributed by atoms with Crippen LogP contribution in [0.2, 0.25) is 5.02 Å². The zero-order chi connectivity index (χ0) is 15.1. The van der Waals surface area contributed by atoms with E-state index in [-0.39, 0.29) is 21.4 Å². The number of sulfonamides is 1. The van der Waals surface area contributed by atoms with Gasteiger partial charge in [0, 0.05) is 18.1 Å². The molecular weight excluding hydrogens is 368 g/mol. The fourth-order valence-electron chi connectivity index (χ4n) is 1.90. The summed E-state index contributed by atoms with van der Waals surface area (Å²) in [6.07, 6.45) is 2.23. The number of hydrogen-bond donors (Lipinski definition) is 1. The molecule has 110 valence electrons. The molecule has 0 spiro atoms. The quantitative estimate of drug-likeness (QED) is 0.868. The molecule has 0 aliphatic heterocycles. The van der Waals surface area contributed by atoms with E-state index in [4.69, 9.17) is 16.7 Å². The second-order valence-corrected chi connectivity index (χ2v) is 7.76. The van der Waals surface area contributed by atoms with Crippen molar-refractivity contribution >= 4 is 43.5 Å². The van der Waals surface area contributed by atoms with Gasteiger partial charge in [-0.05, 0) is 30.9 Å². The molecule has 1 fully saturated rings. The molecule has 1 aromatic carbocycles. The van der Waals surface area contributed by atoms with Gasteiger partial charge in [-0.1, -0.05) is 27.5 Å². The minimum atomic E-state index is -3.98. The van der Waals surface area contributed by atoms with Crippen molar-refractivity contribution in [3.63, 3.8) is 0 Å². The first-order valence-corrected chi connectivity index (χ1v) is 8.69. The molecule has 0 heterocycles. The number of nitrogens with zero attached hydrogens (tertiary/aromatic N) is 1. The Hall–Kier alpha value is -0.630. The fraction of sp³-hybridized carbons (Fsp3) is 0.417. The summed E-state index contributed by atoms with van der Waals surface area (Å²) in [5.41, 5.74) is 0.133. The molecule has 0 unspecified atom stereocenters. The Morgan fingerprint density at radius 1 is 1.50 bits per heavy atom. The molecule has 0 atom stereocenters. The highest BCUT2D eigenvalue weighted by Gasteiger charge is 2.27. The maximum atomic E-state index is 12.3. The molecule has 2 rings (SSSR count). The molecule has 0 saturated heterocycles. The van der Waals surface area contributed by atoms with E-state index in [2.05, 4.69) is 15.9 Å². The van der Waals surface area contributed by atoms with Crippen LogP contribution in [-0.2, 0) is 10.0 Å². The van der Waals surface area contributed by atoms with E-state index in [1.54, 1.807) is 11.9 Å². The van der Waals surface area contributed by atoms with Crippen LogP contribution in [-0.4, -0.2) is 32.8 Å². The third-order valence-corrected chi connectivity index (χ3v) is 5.03. The number of carbonyl (C=O) groups is 1. The second kappa shape index (κ2) is 5.63. The first-order valence-electron chi connectivity index (χ1n) is 5.97. The van der Waals surface area contributed by atoms with Gasteiger partial charge >= 0.3 is 0 Å². The number of halogens is 2. The van der Waals surface area contributed by atoms with Crippen LogP contribution in [0.4, 0.5) is 0 Å². The van der Waals surface area contributed by atoms with Crippen molar-refractivity contribution in [3.8, 4) is 0 Å². The summed E-state index contributed by atoms with van der Waals surface area (Å²) < 4.78 is 23.4. The van der Waals surface area contributed by atoms with Gasteiger partial charge in [0.15, 0.2) is 0 Å². The minimum absolute atomic E-state index is 0.133. The molecule has 0 radical (unpaired) electrons. The number of primary sulfonamides is 1. The van der Waals surface area contributed by atoms with Crippen LogP contribution in [0.25, 0.3) is 0 Å². The lowest BCUT2D eigenvalue weighted by Crippen LogP contribution is -2.29. The van der Waals surface area contributed by atoms with E-state index in [0.29, 0.717) is 16.9 Å². The Bertz CT molecular complexity index is 659. The van der Waals surface area contributed by atoms with Crippen LogP contribution in [0.3, 0.4) is 0 Å². The summed E-state index contributed by atoms with van der Waals surface area (Å²) >= 11 is 9.20. The van der Waals surface area contributed by atoms with Crippen LogP contribution in [0, 0.1) is 5.92 Å². The molecule has 1 amide bonds. The predicted molar refractivity (Wildman–Crippen MR) is 80.2 cm³/mol. The Morgan fingerprint density at radius 2 is 2.10 bits per heavy atom. The van der Waals surface area contributed by atoms with Gasteiger partial charge in [0.1, 0.15) is 4.90 Å². The van der Waals surface area contributed by atoms with E-state index in [9.17, 15) is 13.2 Å². The molecule has 20 heavy (non-hydrogen) atoms. The lowest BCUT2D eigenvalue weighted by molar-refractivity contribution is 0.0788. The standard InChI is InChI=1S/C12H14BrClN2O3S/c1-16(6-7-2-3-7)12(17)9-4-8(13)5-10(11(9)14)20(15,18)19/h4-5,7H,2-3,6H2,1H3,(H2,15,18,19). The lowest BCUT2D eigenvalue weighted by Gasteiger charge is -2.18. The van der Waals surface area contributed by atoms with Gasteiger partial charge < -0.3 is 4.90 Å². The van der Waals surface area contributed by atoms with Gasteiger partial charge in [-0.3, -0.25) is 4.79 Å². The first kappa shape index (κ1) is 15.8. The Labute approximate surface area is 131 Å². The van der Waals surface area contributed by atoms with Crippen LogP contribution in [0.1, 0.15) is 23.2 Å². The molecular formula is C12H14BrClN2O3S. The van der Waals surface area contributed by atoms with Crippen LogP contribution < -0.4 is 5.14 Å². The number of nitrogens with two attached hydrogens (primary N) is 1. The zero-order valence-electron chi connectivity index (χ0n) is 10.8. The van der Waals surface area contributed by atoms with Crippen LogP contribution in [0.15, 0.2) is 21.5 Å². The highest BCUT2D eigenvalue weighted by atomic mass is 79.9. The minimum Gasteiger partial charge on any atom is -0.341 e. The first-order chi connectivity index (χ1) is 9.20. The van der Waals surface area contributed by atoms with E-state index in [1.165, 1.54) is 12.1 Å². The summed E-state index contributed by atoms with van der Waals surface area (Å²) in [5, 5.41) is 4.97. The van der Waals surface area contributed by atoms with E-state index in [0.717, 1.165) is 12.8 Å². The van der Waals surface area contributed by atoms with Gasteiger partial charge in [0.25, 0.3) is 5.91 Å². The number of hydrogen-bond acceptors (Lipinski definition) is 3. The van der Waals surface area contributed by atoms with Crippen molar-refractivity contribution in [2.75, 3.05) is 13.6 Å². The number of benzene rings is 1. The molecule has 2 N–H and O–H groups in total. The second-order valence-electron chi connectivity index (χ2n) is 4.94. The van der Waals surface area contributed by atoms with Crippen LogP contribution in [0.5, 0.6) is 0 Å². The normalized spacial score (nSPS) is 15.2. The Morgan fingerprint density at radius 3 is 2.60 bits per heavy atom. The van der Waals surface area contributed by atoms with Gasteiger partial charge in [-0.25, -0.2) is 13.6 Å². The third-order valence-electron chi connectivity index (χ3n) is 3.12. The van der Waals surface area contributed by atoms with Gasteiger partial charge in [-0.15, -0.1) is 0 Å². The van der Waals surface area contributed by atoms with E-state index < -0.39 is 10.0 Å². The maximum absolute atomic E-state index is 12.3. The maximum Gasteiger partial charge on any atom is 0.255 e. The van der Waals surface area contributed by atoms with Gasteiger partial charge in [0.2, 0.25) is 10.0 Å². The average molecular weight is 382 g/mol. The smallest absolute Gasteiger partial charge is 0.255 e. The lowest BCUT2D eigenvalue weighted by atomic mass is 10.2. The summed E-state index contributed by atoms with van der Waals surface area (Å²) in [5.74, 6) is 0.223. The van der Waals surface area contributed by atoms with Crippen molar-refractivity contribution in [3.05, 3.63) is 27.2 Å². The summed E-state index contributed by atoms with van der Waals surface area (Å²) in [6, 6.07) is 2.79. The zero-order valence-corrected chi connectivity index (χ0v) is 13.9. The molecule has 5 nitrogen and oxygen atoms in total. The average Bonchev–Trinajstić information content (AvgIpc) is 3.13. The Kier molecular flexibility index (Phi) is 4.44. The molecule has 1 aliphatic rings. The van der Waals surface area contributed by atoms with E-state index in [1.807, 2.05) is 0 Å². The molecule has 1 saturated carbocycles. The van der Waals surface area contributed by atoms with Crippen molar-refractivity contribution in [1.82, 2.24) is 4.90 Å². The van der Waals surface area contributed by atoms with Crippen LogP contribution >= 0.6 is 27.5 Å². The number of rotatable bonds is 4. The van der Waals surface area contributed by atoms with Crippen molar-refractivity contribution in [2.24, 2.45) is 11.1 Å². The monoisotopic (exact) mass is 380 g/mol. The molecule has 0 aromatic heterocycles. The van der Waals surface area contributed by atoms with E-state index >= 15 is 0 Å². The van der Waals surface area contributed by atoms with Gasteiger partial charge in [-0.2, -0.15) is 0 Å². The van der Waals surface area contributed by atoms with Crippen molar-refractivity contribution in [2.45, 2.75) is 17.7 Å². The largest absolute Gasteiger partial charge is 0.341 e. The molecule has 8 heteroatoms. The third kappa shape index (κ3) is 3.52. The summed E-state index contributed by atoms with van der Waals surface area (Å²) in [7, 11) is -2.31. The van der Waals surface area contributed by atoms with Crippen molar-refractivity contribution < 1.29 is 13.2 Å². The molecule has 1 aromatic rings. The SMILES string of the molecule is CN(CC1CC1)C(=O)c1cc(Br)cc(S(N)(=O)=O)c1Cl. The summed E-state index contributed by atoms with van der Waals surface area (Å²) in [6.45, 7) is 0.645. The molecule has 0 bridgehead atoms. The highest BCUT2D eigenvalue weighted by molar-refractivity contribution is 9.10. The number of carbonyl (C=O) groups excluding carboxylic acids is 1. The van der Waals surface area contributed by atoms with Gasteiger partial charge in [0.05, 0.1) is 10.6 Å². The highest BCUT2D eigenvalue weighted by Crippen LogP contribution is 2.32. The summed E-state index contributed by atoms with van der Waals surface area (Å²) in [4.78, 5) is 13.6.